The van der Waals surface area contributed by atoms with Gasteiger partial charge in [0, 0.05) is 18.3 Å². The van der Waals surface area contributed by atoms with E-state index in [9.17, 15) is 9.59 Å². The second-order valence-electron chi connectivity index (χ2n) is 6.94. The summed E-state index contributed by atoms with van der Waals surface area (Å²) in [5, 5.41) is 5.80. The molecular formula is C22H27N3O2. The fourth-order valence-corrected chi connectivity index (χ4v) is 3.71. The number of para-hydroxylation sites is 1. The van der Waals surface area contributed by atoms with Crippen molar-refractivity contribution in [2.75, 3.05) is 18.9 Å². The van der Waals surface area contributed by atoms with Gasteiger partial charge in [0.2, 0.25) is 11.8 Å². The van der Waals surface area contributed by atoms with Crippen molar-refractivity contribution in [3.05, 3.63) is 54.6 Å². The lowest BCUT2D eigenvalue weighted by Crippen LogP contribution is -2.55. The highest BCUT2D eigenvalue weighted by Gasteiger charge is 2.34. The van der Waals surface area contributed by atoms with Gasteiger partial charge in [-0.25, -0.2) is 0 Å². The molecule has 2 atom stereocenters. The highest BCUT2D eigenvalue weighted by Crippen LogP contribution is 2.28. The van der Waals surface area contributed by atoms with Gasteiger partial charge in [-0.05, 0) is 37.9 Å². The van der Waals surface area contributed by atoms with E-state index < -0.39 is 0 Å². The summed E-state index contributed by atoms with van der Waals surface area (Å²) in [4.78, 5) is 27.2. The van der Waals surface area contributed by atoms with Gasteiger partial charge in [0.25, 0.3) is 0 Å². The van der Waals surface area contributed by atoms with Crippen molar-refractivity contribution in [2.45, 2.75) is 38.3 Å². The quantitative estimate of drug-likeness (QED) is 0.855. The molecule has 1 saturated heterocycles. The minimum atomic E-state index is -0.378. The van der Waals surface area contributed by atoms with Crippen LogP contribution in [0, 0.1) is 0 Å². The Morgan fingerprint density at radius 2 is 1.74 bits per heavy atom. The summed E-state index contributed by atoms with van der Waals surface area (Å²) in [6.45, 7) is 2.63. The first-order valence-corrected chi connectivity index (χ1v) is 9.54. The fraction of sp³-hybridized carbons (Fsp3) is 0.364. The van der Waals surface area contributed by atoms with E-state index in [-0.39, 0.29) is 23.9 Å². The Labute approximate surface area is 160 Å². The molecule has 1 fully saturated rings. The van der Waals surface area contributed by atoms with E-state index in [1.807, 2.05) is 66.4 Å². The summed E-state index contributed by atoms with van der Waals surface area (Å²) in [7, 11) is 1.65. The molecule has 0 saturated carbocycles. The number of hydrogen-bond donors (Lipinski definition) is 2. The number of nitrogens with zero attached hydrogens (tertiary/aromatic N) is 1. The molecule has 1 aliphatic heterocycles. The van der Waals surface area contributed by atoms with Crippen LogP contribution in [-0.2, 0) is 9.59 Å². The molecule has 2 aromatic rings. The van der Waals surface area contributed by atoms with Gasteiger partial charge in [-0.1, -0.05) is 55.0 Å². The Morgan fingerprint density at radius 1 is 1.04 bits per heavy atom. The van der Waals surface area contributed by atoms with E-state index in [0.29, 0.717) is 0 Å². The Balaban J connectivity index is 1.78. The molecule has 0 unspecified atom stereocenters. The van der Waals surface area contributed by atoms with Crippen LogP contribution in [0.4, 0.5) is 5.69 Å². The summed E-state index contributed by atoms with van der Waals surface area (Å²) in [5.74, 6) is -0.104. The largest absolute Gasteiger partial charge is 0.358 e. The van der Waals surface area contributed by atoms with Crippen molar-refractivity contribution in [3.63, 3.8) is 0 Å². The third kappa shape index (κ3) is 4.37. The van der Waals surface area contributed by atoms with Crippen molar-refractivity contribution >= 4 is 17.5 Å². The molecule has 2 amide bonds. The monoisotopic (exact) mass is 365 g/mol. The van der Waals surface area contributed by atoms with Gasteiger partial charge in [0.15, 0.2) is 0 Å². The molecule has 1 heterocycles. The van der Waals surface area contributed by atoms with Crippen LogP contribution >= 0.6 is 0 Å². The van der Waals surface area contributed by atoms with Crippen LogP contribution in [0.15, 0.2) is 54.6 Å². The molecular weight excluding hydrogens is 338 g/mol. The number of likely N-dealkylation sites (N-methyl/N-ethyl adjacent to an activating group) is 1. The minimum Gasteiger partial charge on any atom is -0.358 e. The van der Waals surface area contributed by atoms with Gasteiger partial charge in [0.1, 0.15) is 0 Å². The van der Waals surface area contributed by atoms with E-state index in [1.165, 1.54) is 0 Å². The van der Waals surface area contributed by atoms with Crippen molar-refractivity contribution in [1.29, 1.82) is 0 Å². The molecule has 5 nitrogen and oxygen atoms in total. The van der Waals surface area contributed by atoms with Gasteiger partial charge in [-0.15, -0.1) is 0 Å². The first-order valence-electron chi connectivity index (χ1n) is 9.54. The average molecular weight is 365 g/mol. The van der Waals surface area contributed by atoms with E-state index in [0.717, 1.165) is 42.6 Å². The van der Waals surface area contributed by atoms with Crippen molar-refractivity contribution in [3.8, 4) is 11.1 Å². The molecule has 142 valence electrons. The summed E-state index contributed by atoms with van der Waals surface area (Å²) >= 11 is 0. The molecule has 0 aliphatic carbocycles. The highest BCUT2D eigenvalue weighted by atomic mass is 16.2. The van der Waals surface area contributed by atoms with Crippen LogP contribution in [-0.4, -0.2) is 42.4 Å². The molecule has 0 bridgehead atoms. The minimum absolute atomic E-state index is 0.0148. The van der Waals surface area contributed by atoms with E-state index in [4.69, 9.17) is 0 Å². The van der Waals surface area contributed by atoms with Crippen LogP contribution in [0.5, 0.6) is 0 Å². The van der Waals surface area contributed by atoms with Crippen molar-refractivity contribution in [1.82, 2.24) is 10.2 Å². The van der Waals surface area contributed by atoms with E-state index >= 15 is 0 Å². The molecule has 5 heteroatoms. The van der Waals surface area contributed by atoms with Crippen LogP contribution in [0.1, 0.15) is 26.2 Å². The molecule has 0 radical (unpaired) electrons. The van der Waals surface area contributed by atoms with Gasteiger partial charge >= 0.3 is 0 Å². The molecule has 0 aromatic heterocycles. The van der Waals surface area contributed by atoms with Crippen molar-refractivity contribution < 1.29 is 9.59 Å². The first-order chi connectivity index (χ1) is 13.1. The standard InChI is InChI=1S/C22H27N3O2/c1-16(25-15-9-8-14-20(25)22(27)23-2)21(26)24-19-13-7-6-12-18(19)17-10-4-3-5-11-17/h3-7,10-13,16,20H,8-9,14-15H2,1-2H3,(H,23,27)(H,24,26)/t16-,20+/m0/s1. The smallest absolute Gasteiger partial charge is 0.241 e. The average Bonchev–Trinajstić information content (AvgIpc) is 2.73. The number of benzene rings is 2. The third-order valence-electron chi connectivity index (χ3n) is 5.24. The Bertz CT molecular complexity index is 791. The number of carbonyl (C=O) groups excluding carboxylic acids is 2. The summed E-state index contributed by atoms with van der Waals surface area (Å²) in [5.41, 5.74) is 2.83. The number of carbonyl (C=O) groups is 2. The predicted molar refractivity (Wildman–Crippen MR) is 108 cm³/mol. The number of hydrogen-bond acceptors (Lipinski definition) is 3. The molecule has 2 aromatic carbocycles. The number of likely N-dealkylation sites (tertiary alicyclic amines) is 1. The van der Waals surface area contributed by atoms with Gasteiger partial charge in [-0.3, -0.25) is 14.5 Å². The normalized spacial score (nSPS) is 18.5. The number of rotatable bonds is 5. The van der Waals surface area contributed by atoms with Gasteiger partial charge < -0.3 is 10.6 Å². The highest BCUT2D eigenvalue weighted by molar-refractivity contribution is 5.98. The van der Waals surface area contributed by atoms with Crippen LogP contribution in [0.3, 0.4) is 0 Å². The van der Waals surface area contributed by atoms with Crippen LogP contribution in [0.25, 0.3) is 11.1 Å². The third-order valence-corrected chi connectivity index (χ3v) is 5.24. The maximum atomic E-state index is 13.0. The van der Waals surface area contributed by atoms with E-state index in [1.54, 1.807) is 7.05 Å². The number of anilines is 1. The Morgan fingerprint density at radius 3 is 2.48 bits per heavy atom. The zero-order chi connectivity index (χ0) is 19.2. The molecule has 2 N–H and O–H groups in total. The number of amides is 2. The lowest BCUT2D eigenvalue weighted by molar-refractivity contribution is -0.131. The predicted octanol–water partition coefficient (Wildman–Crippen LogP) is 3.28. The van der Waals surface area contributed by atoms with Gasteiger partial charge in [-0.2, -0.15) is 0 Å². The number of nitrogens with one attached hydrogen (secondary N) is 2. The fourth-order valence-electron chi connectivity index (χ4n) is 3.71. The lowest BCUT2D eigenvalue weighted by Gasteiger charge is -2.37. The lowest BCUT2D eigenvalue weighted by atomic mass is 9.99. The van der Waals surface area contributed by atoms with Gasteiger partial charge in [0.05, 0.1) is 12.1 Å². The second kappa shape index (κ2) is 8.82. The second-order valence-corrected chi connectivity index (χ2v) is 6.94. The molecule has 3 rings (SSSR count). The Hall–Kier alpha value is -2.66. The SMILES string of the molecule is CNC(=O)[C@H]1CCCCN1[C@@H](C)C(=O)Nc1ccccc1-c1ccccc1. The zero-order valence-corrected chi connectivity index (χ0v) is 15.9. The topological polar surface area (TPSA) is 61.4 Å². The van der Waals surface area contributed by atoms with E-state index in [2.05, 4.69) is 10.6 Å². The van der Waals surface area contributed by atoms with Crippen LogP contribution < -0.4 is 10.6 Å². The maximum Gasteiger partial charge on any atom is 0.241 e. The first kappa shape index (κ1) is 19.1. The number of piperidine rings is 1. The van der Waals surface area contributed by atoms with Crippen LogP contribution in [0.2, 0.25) is 0 Å². The Kier molecular flexibility index (Phi) is 6.24. The summed E-state index contributed by atoms with van der Waals surface area (Å²) in [6.07, 6.45) is 2.81. The molecule has 0 spiro atoms. The maximum absolute atomic E-state index is 13.0. The molecule has 1 aliphatic rings. The summed E-state index contributed by atoms with van der Waals surface area (Å²) in [6, 6.07) is 17.2. The summed E-state index contributed by atoms with van der Waals surface area (Å²) < 4.78 is 0. The van der Waals surface area contributed by atoms with Crippen molar-refractivity contribution in [2.24, 2.45) is 0 Å². The molecule has 27 heavy (non-hydrogen) atoms. The zero-order valence-electron chi connectivity index (χ0n) is 15.9.